The number of benzene rings is 1. The van der Waals surface area contributed by atoms with E-state index in [9.17, 15) is 9.59 Å². The van der Waals surface area contributed by atoms with Crippen molar-refractivity contribution in [3.8, 4) is 0 Å². The normalized spacial score (nSPS) is 9.31. The van der Waals surface area contributed by atoms with Crippen molar-refractivity contribution < 1.29 is 14.3 Å². The molecule has 4 nitrogen and oxygen atoms in total. The van der Waals surface area contributed by atoms with Crippen LogP contribution in [0.25, 0.3) is 0 Å². The SMILES string of the molecule is C=CCC(=O)Nc1ccccc1C(=O)OC. The van der Waals surface area contributed by atoms with Gasteiger partial charge in [-0.3, -0.25) is 4.79 Å². The molecule has 1 amide bonds. The predicted molar refractivity (Wildman–Crippen MR) is 61.2 cm³/mol. The summed E-state index contributed by atoms with van der Waals surface area (Å²) in [4.78, 5) is 22.7. The Morgan fingerprint density at radius 1 is 1.44 bits per heavy atom. The summed E-state index contributed by atoms with van der Waals surface area (Å²) < 4.78 is 4.61. The molecule has 0 heterocycles. The van der Waals surface area contributed by atoms with Crippen LogP contribution in [0, 0.1) is 0 Å². The van der Waals surface area contributed by atoms with Crippen LogP contribution in [0.2, 0.25) is 0 Å². The van der Waals surface area contributed by atoms with Gasteiger partial charge in [-0.25, -0.2) is 4.79 Å². The fourth-order valence-corrected chi connectivity index (χ4v) is 1.21. The van der Waals surface area contributed by atoms with Gasteiger partial charge < -0.3 is 10.1 Å². The van der Waals surface area contributed by atoms with E-state index in [1.165, 1.54) is 13.2 Å². The van der Waals surface area contributed by atoms with Crippen LogP contribution in [0.3, 0.4) is 0 Å². The standard InChI is InChI=1S/C12H13NO3/c1-3-6-11(14)13-10-8-5-4-7-9(10)12(15)16-2/h3-5,7-8H,1,6H2,2H3,(H,13,14). The zero-order valence-corrected chi connectivity index (χ0v) is 9.03. The number of para-hydroxylation sites is 1. The van der Waals surface area contributed by atoms with Gasteiger partial charge in [0.05, 0.1) is 18.4 Å². The number of rotatable bonds is 4. The lowest BCUT2D eigenvalue weighted by atomic mass is 10.1. The molecule has 0 aliphatic carbocycles. The van der Waals surface area contributed by atoms with Crippen LogP contribution in [0.15, 0.2) is 36.9 Å². The van der Waals surface area contributed by atoms with E-state index in [4.69, 9.17) is 0 Å². The van der Waals surface area contributed by atoms with E-state index in [2.05, 4.69) is 16.6 Å². The zero-order chi connectivity index (χ0) is 12.0. The minimum absolute atomic E-state index is 0.204. The van der Waals surface area contributed by atoms with Gasteiger partial charge in [-0.15, -0.1) is 6.58 Å². The molecule has 1 aromatic carbocycles. The first-order valence-electron chi connectivity index (χ1n) is 4.77. The van der Waals surface area contributed by atoms with Crippen LogP contribution >= 0.6 is 0 Å². The quantitative estimate of drug-likeness (QED) is 0.622. The predicted octanol–water partition coefficient (Wildman–Crippen LogP) is 1.99. The van der Waals surface area contributed by atoms with Crippen molar-refractivity contribution in [2.24, 2.45) is 0 Å². The molecule has 0 bridgehead atoms. The number of esters is 1. The maximum atomic E-state index is 11.4. The molecule has 4 heteroatoms. The molecule has 0 fully saturated rings. The average Bonchev–Trinajstić information content (AvgIpc) is 2.29. The van der Waals surface area contributed by atoms with Crippen LogP contribution < -0.4 is 5.32 Å². The highest BCUT2D eigenvalue weighted by atomic mass is 16.5. The molecule has 1 N–H and O–H groups in total. The molecular formula is C12H13NO3. The smallest absolute Gasteiger partial charge is 0.339 e. The minimum atomic E-state index is -0.477. The van der Waals surface area contributed by atoms with Crippen molar-refractivity contribution in [1.82, 2.24) is 0 Å². The highest BCUT2D eigenvalue weighted by Crippen LogP contribution is 2.16. The Balaban J connectivity index is 2.90. The van der Waals surface area contributed by atoms with E-state index in [0.717, 1.165) is 0 Å². The Morgan fingerprint density at radius 3 is 2.75 bits per heavy atom. The van der Waals surface area contributed by atoms with E-state index < -0.39 is 5.97 Å². The van der Waals surface area contributed by atoms with Gasteiger partial charge in [0, 0.05) is 6.42 Å². The molecule has 0 aliphatic heterocycles. The molecule has 0 spiro atoms. The van der Waals surface area contributed by atoms with Crippen molar-refractivity contribution in [3.05, 3.63) is 42.5 Å². The summed E-state index contributed by atoms with van der Waals surface area (Å²) in [6.45, 7) is 3.46. The molecule has 0 saturated heterocycles. The number of amides is 1. The maximum Gasteiger partial charge on any atom is 0.339 e. The van der Waals surface area contributed by atoms with Gasteiger partial charge >= 0.3 is 5.97 Å². The lowest BCUT2D eigenvalue weighted by Gasteiger charge is -2.08. The third-order valence-electron chi connectivity index (χ3n) is 1.94. The maximum absolute atomic E-state index is 11.4. The summed E-state index contributed by atoms with van der Waals surface area (Å²) in [6.07, 6.45) is 1.70. The fraction of sp³-hybridized carbons (Fsp3) is 0.167. The molecule has 0 aromatic heterocycles. The van der Waals surface area contributed by atoms with Crippen LogP contribution in [0.1, 0.15) is 16.8 Å². The Kier molecular flexibility index (Phi) is 4.27. The molecule has 0 unspecified atom stereocenters. The minimum Gasteiger partial charge on any atom is -0.465 e. The number of nitrogens with one attached hydrogen (secondary N) is 1. The lowest BCUT2D eigenvalue weighted by molar-refractivity contribution is -0.115. The van der Waals surface area contributed by atoms with E-state index in [0.29, 0.717) is 11.3 Å². The highest BCUT2D eigenvalue weighted by Gasteiger charge is 2.12. The van der Waals surface area contributed by atoms with Gasteiger partial charge in [-0.2, -0.15) is 0 Å². The number of carbonyl (C=O) groups excluding carboxylic acids is 2. The van der Waals surface area contributed by atoms with Crippen molar-refractivity contribution >= 4 is 17.6 Å². The summed E-state index contributed by atoms with van der Waals surface area (Å²) in [6, 6.07) is 6.67. The second-order valence-corrected chi connectivity index (χ2v) is 3.08. The molecule has 1 aromatic rings. The summed E-state index contributed by atoms with van der Waals surface area (Å²) in [5, 5.41) is 2.62. The Bertz CT molecular complexity index is 412. The van der Waals surface area contributed by atoms with Gasteiger partial charge in [0.25, 0.3) is 0 Å². The first-order valence-corrected chi connectivity index (χ1v) is 4.77. The number of carbonyl (C=O) groups is 2. The number of hydrogen-bond donors (Lipinski definition) is 1. The van der Waals surface area contributed by atoms with Crippen LogP contribution in [0.5, 0.6) is 0 Å². The van der Waals surface area contributed by atoms with Gasteiger partial charge in [0.2, 0.25) is 5.91 Å². The largest absolute Gasteiger partial charge is 0.465 e. The number of ether oxygens (including phenoxy) is 1. The van der Waals surface area contributed by atoms with Crippen LogP contribution in [-0.4, -0.2) is 19.0 Å². The molecule has 16 heavy (non-hydrogen) atoms. The number of anilines is 1. The monoisotopic (exact) mass is 219 g/mol. The van der Waals surface area contributed by atoms with E-state index in [1.807, 2.05) is 0 Å². The third-order valence-corrected chi connectivity index (χ3v) is 1.94. The number of methoxy groups -OCH3 is 1. The Hall–Kier alpha value is -2.10. The fourth-order valence-electron chi connectivity index (χ4n) is 1.21. The van der Waals surface area contributed by atoms with E-state index in [-0.39, 0.29) is 12.3 Å². The molecule has 0 saturated carbocycles. The molecular weight excluding hydrogens is 206 g/mol. The lowest BCUT2D eigenvalue weighted by Crippen LogP contribution is -2.14. The third kappa shape index (κ3) is 2.95. The second-order valence-electron chi connectivity index (χ2n) is 3.08. The van der Waals surface area contributed by atoms with Crippen molar-refractivity contribution in [1.29, 1.82) is 0 Å². The zero-order valence-electron chi connectivity index (χ0n) is 9.03. The molecule has 0 atom stereocenters. The van der Waals surface area contributed by atoms with Crippen molar-refractivity contribution in [2.45, 2.75) is 6.42 Å². The number of hydrogen-bond acceptors (Lipinski definition) is 3. The van der Waals surface area contributed by atoms with E-state index >= 15 is 0 Å². The van der Waals surface area contributed by atoms with Gasteiger partial charge in [-0.05, 0) is 12.1 Å². The van der Waals surface area contributed by atoms with Crippen molar-refractivity contribution in [2.75, 3.05) is 12.4 Å². The topological polar surface area (TPSA) is 55.4 Å². The van der Waals surface area contributed by atoms with Crippen molar-refractivity contribution in [3.63, 3.8) is 0 Å². The second kappa shape index (κ2) is 5.70. The first kappa shape index (κ1) is 12.0. The van der Waals surface area contributed by atoms with Crippen LogP contribution in [0.4, 0.5) is 5.69 Å². The Labute approximate surface area is 93.9 Å². The Morgan fingerprint density at radius 2 is 2.12 bits per heavy atom. The average molecular weight is 219 g/mol. The first-order chi connectivity index (χ1) is 7.69. The molecule has 0 aliphatic rings. The van der Waals surface area contributed by atoms with E-state index in [1.54, 1.807) is 24.3 Å². The molecule has 84 valence electrons. The summed E-state index contributed by atoms with van der Waals surface area (Å²) >= 11 is 0. The summed E-state index contributed by atoms with van der Waals surface area (Å²) in [5.74, 6) is -0.694. The van der Waals surface area contributed by atoms with Gasteiger partial charge in [0.15, 0.2) is 0 Å². The van der Waals surface area contributed by atoms with Gasteiger partial charge in [0.1, 0.15) is 0 Å². The summed E-state index contributed by atoms with van der Waals surface area (Å²) in [7, 11) is 1.30. The highest BCUT2D eigenvalue weighted by molar-refractivity contribution is 6.01. The summed E-state index contributed by atoms with van der Waals surface area (Å²) in [5.41, 5.74) is 0.781. The van der Waals surface area contributed by atoms with Crippen LogP contribution in [-0.2, 0) is 9.53 Å². The molecule has 1 rings (SSSR count). The van der Waals surface area contributed by atoms with Gasteiger partial charge in [-0.1, -0.05) is 18.2 Å². The molecule has 0 radical (unpaired) electrons.